The van der Waals surface area contributed by atoms with Crippen molar-refractivity contribution >= 4 is 11.9 Å². The van der Waals surface area contributed by atoms with Crippen LogP contribution in [0.2, 0.25) is 0 Å². The molecule has 1 saturated heterocycles. The molecule has 1 aromatic rings. The average Bonchev–Trinajstić information content (AvgIpc) is 2.78. The number of pyridine rings is 1. The molecule has 1 aromatic heterocycles. The lowest BCUT2D eigenvalue weighted by Crippen LogP contribution is -2.47. The summed E-state index contributed by atoms with van der Waals surface area (Å²) in [5.74, 6) is 0.330. The summed E-state index contributed by atoms with van der Waals surface area (Å²) in [6.07, 6.45) is 6.02. The van der Waals surface area contributed by atoms with Crippen LogP contribution in [0.5, 0.6) is 5.75 Å². The molecule has 132 valence electrons. The molecule has 2 rings (SSSR count). The lowest BCUT2D eigenvalue weighted by Gasteiger charge is -2.31. The second kappa shape index (κ2) is 7.64. The highest BCUT2D eigenvalue weighted by Crippen LogP contribution is 2.26. The van der Waals surface area contributed by atoms with Crippen molar-refractivity contribution in [2.45, 2.75) is 58.1 Å². The fourth-order valence-corrected chi connectivity index (χ4v) is 2.84. The van der Waals surface area contributed by atoms with Crippen LogP contribution in [-0.4, -0.2) is 47.1 Å². The molecule has 6 heteroatoms. The van der Waals surface area contributed by atoms with E-state index in [1.807, 2.05) is 20.8 Å². The van der Waals surface area contributed by atoms with Gasteiger partial charge in [0.15, 0.2) is 5.78 Å². The number of aromatic nitrogens is 1. The van der Waals surface area contributed by atoms with Crippen LogP contribution in [0, 0.1) is 0 Å². The minimum atomic E-state index is -0.594. The lowest BCUT2D eigenvalue weighted by molar-refractivity contribution is 0.0165. The number of ether oxygens (including phenoxy) is 2. The first-order valence-corrected chi connectivity index (χ1v) is 8.35. The number of methoxy groups -OCH3 is 1. The first-order chi connectivity index (χ1) is 11.3. The van der Waals surface area contributed by atoms with Crippen LogP contribution >= 0.6 is 0 Å². The zero-order valence-electron chi connectivity index (χ0n) is 14.9. The third kappa shape index (κ3) is 4.46. The van der Waals surface area contributed by atoms with Gasteiger partial charge in [-0.2, -0.15) is 0 Å². The van der Waals surface area contributed by atoms with E-state index in [1.165, 1.54) is 13.3 Å². The molecule has 0 aliphatic carbocycles. The summed E-state index contributed by atoms with van der Waals surface area (Å²) < 4.78 is 10.8. The van der Waals surface area contributed by atoms with Gasteiger partial charge in [-0.3, -0.25) is 14.7 Å². The van der Waals surface area contributed by atoms with Crippen LogP contribution in [0.15, 0.2) is 18.5 Å². The fraction of sp³-hybridized carbons (Fsp3) is 0.611. The monoisotopic (exact) mass is 334 g/mol. The maximum absolute atomic E-state index is 13.0. The molecular weight excluding hydrogens is 308 g/mol. The second-order valence-electron chi connectivity index (χ2n) is 6.98. The number of ketones is 1. The van der Waals surface area contributed by atoms with Gasteiger partial charge in [0.25, 0.3) is 0 Å². The summed E-state index contributed by atoms with van der Waals surface area (Å²) in [6, 6.07) is 1.11. The zero-order valence-corrected chi connectivity index (χ0v) is 14.9. The Kier molecular flexibility index (Phi) is 5.80. The van der Waals surface area contributed by atoms with Gasteiger partial charge in [-0.15, -0.1) is 0 Å². The number of carbonyl (C=O) groups excluding carboxylic acids is 2. The molecule has 1 atom stereocenters. The molecule has 24 heavy (non-hydrogen) atoms. The lowest BCUT2D eigenvalue weighted by atomic mass is 10.00. The van der Waals surface area contributed by atoms with E-state index in [1.54, 1.807) is 17.2 Å². The molecule has 1 aliphatic rings. The smallest absolute Gasteiger partial charge is 0.410 e. The predicted octanol–water partition coefficient (Wildman–Crippen LogP) is 3.45. The minimum Gasteiger partial charge on any atom is -0.496 e. The minimum absolute atomic E-state index is 0.146. The van der Waals surface area contributed by atoms with Crippen LogP contribution in [0.4, 0.5) is 4.79 Å². The summed E-state index contributed by atoms with van der Waals surface area (Å²) in [5, 5.41) is 0. The third-order valence-corrected chi connectivity index (χ3v) is 3.95. The van der Waals surface area contributed by atoms with Gasteiger partial charge >= 0.3 is 6.09 Å². The first-order valence-electron chi connectivity index (χ1n) is 8.35. The van der Waals surface area contributed by atoms with Crippen LogP contribution in [-0.2, 0) is 4.74 Å². The van der Waals surface area contributed by atoms with Gasteiger partial charge in [-0.25, -0.2) is 4.79 Å². The number of hydrogen-bond donors (Lipinski definition) is 0. The van der Waals surface area contributed by atoms with E-state index in [9.17, 15) is 9.59 Å². The number of amides is 1. The van der Waals surface area contributed by atoms with E-state index in [0.717, 1.165) is 19.3 Å². The molecule has 0 bridgehead atoms. The first kappa shape index (κ1) is 18.2. The van der Waals surface area contributed by atoms with E-state index in [-0.39, 0.29) is 5.78 Å². The van der Waals surface area contributed by atoms with E-state index in [0.29, 0.717) is 24.3 Å². The summed E-state index contributed by atoms with van der Waals surface area (Å²) in [7, 11) is 1.52. The van der Waals surface area contributed by atoms with E-state index in [4.69, 9.17) is 9.47 Å². The topological polar surface area (TPSA) is 68.7 Å². The van der Waals surface area contributed by atoms with Crippen molar-refractivity contribution in [1.29, 1.82) is 0 Å². The number of likely N-dealkylation sites (tertiary alicyclic amines) is 1. The van der Waals surface area contributed by atoms with Gasteiger partial charge in [-0.05, 0) is 39.7 Å². The molecule has 0 radical (unpaired) electrons. The van der Waals surface area contributed by atoms with E-state index >= 15 is 0 Å². The highest BCUT2D eigenvalue weighted by molar-refractivity contribution is 6.03. The molecule has 6 nitrogen and oxygen atoms in total. The fourth-order valence-electron chi connectivity index (χ4n) is 2.84. The molecular formula is C18H26N2O4. The van der Waals surface area contributed by atoms with E-state index < -0.39 is 17.7 Å². The van der Waals surface area contributed by atoms with Crippen molar-refractivity contribution in [3.63, 3.8) is 0 Å². The van der Waals surface area contributed by atoms with Crippen LogP contribution < -0.4 is 4.74 Å². The van der Waals surface area contributed by atoms with Crippen molar-refractivity contribution in [1.82, 2.24) is 9.88 Å². The SMILES string of the molecule is COc1ccncc1C(=O)[C@H]1CCCCCN1C(=O)OC(C)(C)C. The summed E-state index contributed by atoms with van der Waals surface area (Å²) in [5.41, 5.74) is -0.191. The van der Waals surface area contributed by atoms with Crippen LogP contribution in [0.25, 0.3) is 0 Å². The van der Waals surface area contributed by atoms with Crippen molar-refractivity contribution in [2.75, 3.05) is 13.7 Å². The van der Waals surface area contributed by atoms with Crippen LogP contribution in [0.1, 0.15) is 56.8 Å². The van der Waals surface area contributed by atoms with Gasteiger partial charge < -0.3 is 9.47 Å². The van der Waals surface area contributed by atoms with Gasteiger partial charge in [-0.1, -0.05) is 12.8 Å². The third-order valence-electron chi connectivity index (χ3n) is 3.95. The Morgan fingerprint density at radius 1 is 1.25 bits per heavy atom. The highest BCUT2D eigenvalue weighted by Gasteiger charge is 2.35. The summed E-state index contributed by atoms with van der Waals surface area (Å²) in [6.45, 7) is 5.99. The van der Waals surface area contributed by atoms with Gasteiger partial charge in [0, 0.05) is 18.9 Å². The Bertz CT molecular complexity index is 595. The Balaban J connectivity index is 2.29. The quantitative estimate of drug-likeness (QED) is 0.792. The largest absolute Gasteiger partial charge is 0.496 e. The molecule has 0 aromatic carbocycles. The van der Waals surface area contributed by atoms with Crippen molar-refractivity contribution in [3.05, 3.63) is 24.0 Å². The number of nitrogens with zero attached hydrogens (tertiary/aromatic N) is 2. The summed E-state index contributed by atoms with van der Waals surface area (Å²) in [4.78, 5) is 31.2. The molecule has 1 fully saturated rings. The predicted molar refractivity (Wildman–Crippen MR) is 90.3 cm³/mol. The Hall–Kier alpha value is -2.11. The number of Topliss-reactive ketones (excluding diaryl/α,β-unsaturated/α-hetero) is 1. The Morgan fingerprint density at radius 2 is 2.00 bits per heavy atom. The van der Waals surface area contributed by atoms with Gasteiger partial charge in [0.2, 0.25) is 0 Å². The molecule has 0 N–H and O–H groups in total. The maximum atomic E-state index is 13.0. The molecule has 0 spiro atoms. The molecule has 1 amide bonds. The normalized spacial score (nSPS) is 18.7. The van der Waals surface area contributed by atoms with E-state index in [2.05, 4.69) is 4.98 Å². The standard InChI is InChI=1S/C18H26N2O4/c1-18(2,3)24-17(22)20-11-7-5-6-8-14(20)16(21)13-12-19-10-9-15(13)23-4/h9-10,12,14H,5-8,11H2,1-4H3/t14-/m1/s1. The Labute approximate surface area is 143 Å². The Morgan fingerprint density at radius 3 is 2.67 bits per heavy atom. The van der Waals surface area contributed by atoms with Gasteiger partial charge in [0.05, 0.1) is 18.7 Å². The van der Waals surface area contributed by atoms with Gasteiger partial charge in [0.1, 0.15) is 11.4 Å². The van der Waals surface area contributed by atoms with Crippen LogP contribution in [0.3, 0.4) is 0 Å². The molecule has 2 heterocycles. The second-order valence-corrected chi connectivity index (χ2v) is 6.98. The summed E-state index contributed by atoms with van der Waals surface area (Å²) >= 11 is 0. The molecule has 0 saturated carbocycles. The highest BCUT2D eigenvalue weighted by atomic mass is 16.6. The zero-order chi connectivity index (χ0) is 17.7. The van der Waals surface area contributed by atoms with Crippen molar-refractivity contribution in [3.8, 4) is 5.75 Å². The average molecular weight is 334 g/mol. The molecule has 0 unspecified atom stereocenters. The molecule has 1 aliphatic heterocycles. The maximum Gasteiger partial charge on any atom is 0.410 e. The van der Waals surface area contributed by atoms with Crippen molar-refractivity contribution < 1.29 is 19.1 Å². The number of hydrogen-bond acceptors (Lipinski definition) is 5. The number of carbonyl (C=O) groups is 2. The number of rotatable bonds is 3. The van der Waals surface area contributed by atoms with Crippen molar-refractivity contribution in [2.24, 2.45) is 0 Å².